The summed E-state index contributed by atoms with van der Waals surface area (Å²) in [4.78, 5) is 14.6. The lowest BCUT2D eigenvalue weighted by Gasteiger charge is -2.33. The van der Waals surface area contributed by atoms with E-state index in [9.17, 15) is 13.2 Å². The van der Waals surface area contributed by atoms with Gasteiger partial charge in [-0.1, -0.05) is 59.6 Å². The Hall–Kier alpha value is -1.60. The summed E-state index contributed by atoms with van der Waals surface area (Å²) in [6, 6.07) is 14.5. The van der Waals surface area contributed by atoms with E-state index in [0.717, 1.165) is 5.56 Å². The van der Waals surface area contributed by atoms with Gasteiger partial charge in [-0.3, -0.25) is 4.79 Å². The Morgan fingerprint density at radius 3 is 2.59 bits per heavy atom. The molecule has 0 bridgehead atoms. The lowest BCUT2D eigenvalue weighted by atomic mass is 9.98. The molecule has 5 nitrogen and oxygen atoms in total. The van der Waals surface area contributed by atoms with Gasteiger partial charge in [0.15, 0.2) is 0 Å². The molecule has 156 valence electrons. The van der Waals surface area contributed by atoms with Gasteiger partial charge in [-0.2, -0.15) is 0 Å². The van der Waals surface area contributed by atoms with E-state index in [2.05, 4.69) is 0 Å². The van der Waals surface area contributed by atoms with E-state index in [1.165, 1.54) is 10.4 Å². The van der Waals surface area contributed by atoms with Crippen LogP contribution in [-0.4, -0.2) is 43.7 Å². The highest BCUT2D eigenvalue weighted by Gasteiger charge is 2.33. The van der Waals surface area contributed by atoms with Crippen molar-refractivity contribution < 1.29 is 13.2 Å². The summed E-state index contributed by atoms with van der Waals surface area (Å²) in [5, 5.41) is 0.787. The predicted octanol–water partition coefficient (Wildman–Crippen LogP) is 4.19. The van der Waals surface area contributed by atoms with Crippen molar-refractivity contribution >= 4 is 39.1 Å². The fourth-order valence-electron chi connectivity index (χ4n) is 3.57. The van der Waals surface area contributed by atoms with Crippen LogP contribution < -0.4 is 0 Å². The van der Waals surface area contributed by atoms with Crippen LogP contribution in [-0.2, 0) is 27.1 Å². The van der Waals surface area contributed by atoms with Gasteiger partial charge in [0.1, 0.15) is 0 Å². The largest absolute Gasteiger partial charge is 0.341 e. The van der Waals surface area contributed by atoms with E-state index in [4.69, 9.17) is 23.2 Å². The molecule has 1 fully saturated rings. The van der Waals surface area contributed by atoms with E-state index >= 15 is 0 Å². The second kappa shape index (κ2) is 9.47. The fraction of sp³-hybridized carbons (Fsp3) is 0.381. The highest BCUT2D eigenvalue weighted by Crippen LogP contribution is 2.27. The highest BCUT2D eigenvalue weighted by atomic mass is 35.5. The van der Waals surface area contributed by atoms with E-state index in [-0.39, 0.29) is 24.1 Å². The molecule has 29 heavy (non-hydrogen) atoms. The third-order valence-corrected chi connectivity index (χ3v) is 7.50. The van der Waals surface area contributed by atoms with E-state index in [1.807, 2.05) is 30.3 Å². The van der Waals surface area contributed by atoms with Crippen LogP contribution in [0.15, 0.2) is 48.5 Å². The maximum Gasteiger partial charge on any atom is 0.227 e. The van der Waals surface area contributed by atoms with Crippen molar-refractivity contribution in [1.82, 2.24) is 9.21 Å². The van der Waals surface area contributed by atoms with Gasteiger partial charge in [-0.05, 0) is 36.1 Å². The molecule has 1 aliphatic heterocycles. The van der Waals surface area contributed by atoms with Crippen LogP contribution in [0.4, 0.5) is 0 Å². The van der Waals surface area contributed by atoms with Crippen molar-refractivity contribution in [3.8, 4) is 0 Å². The summed E-state index contributed by atoms with van der Waals surface area (Å²) in [6.45, 7) is 1.12. The first-order valence-corrected chi connectivity index (χ1v) is 11.8. The van der Waals surface area contributed by atoms with Crippen LogP contribution in [0, 0.1) is 5.92 Å². The Bertz CT molecular complexity index is 967. The van der Waals surface area contributed by atoms with Crippen LogP contribution >= 0.6 is 23.2 Å². The first-order chi connectivity index (χ1) is 13.8. The van der Waals surface area contributed by atoms with E-state index in [1.54, 1.807) is 24.1 Å². The fourth-order valence-corrected chi connectivity index (χ4v) is 5.77. The van der Waals surface area contributed by atoms with Gasteiger partial charge in [-0.15, -0.1) is 0 Å². The number of piperidine rings is 1. The molecular weight excluding hydrogens is 431 g/mol. The van der Waals surface area contributed by atoms with Crippen LogP contribution in [0.1, 0.15) is 24.0 Å². The Morgan fingerprint density at radius 1 is 1.17 bits per heavy atom. The quantitative estimate of drug-likeness (QED) is 0.656. The number of hydrogen-bond acceptors (Lipinski definition) is 3. The third-order valence-electron chi connectivity index (χ3n) is 5.12. The molecule has 0 spiro atoms. The smallest absolute Gasteiger partial charge is 0.227 e. The SMILES string of the molecule is CN(Cc1ccccc1)C(=O)[C@H]1CCCN(S(=O)(=O)Cc2ccc(Cl)cc2Cl)C1. The maximum absolute atomic E-state index is 12.9. The monoisotopic (exact) mass is 454 g/mol. The molecule has 1 saturated heterocycles. The lowest BCUT2D eigenvalue weighted by Crippen LogP contribution is -2.46. The van der Waals surface area contributed by atoms with Crippen molar-refractivity contribution in [3.05, 3.63) is 69.7 Å². The molecule has 1 atom stereocenters. The standard InChI is InChI=1S/C21H24Cl2N2O3S/c1-24(13-16-6-3-2-4-7-16)21(26)17-8-5-11-25(14-17)29(27,28)15-18-9-10-19(22)12-20(18)23/h2-4,6-7,9-10,12,17H,5,8,11,13-15H2,1H3/t17-/m0/s1. The van der Waals surface area contributed by atoms with Crippen LogP contribution in [0.2, 0.25) is 10.0 Å². The van der Waals surface area contributed by atoms with Crippen LogP contribution in [0.3, 0.4) is 0 Å². The summed E-state index contributed by atoms with van der Waals surface area (Å²) in [5.41, 5.74) is 1.55. The molecule has 0 radical (unpaired) electrons. The summed E-state index contributed by atoms with van der Waals surface area (Å²) in [7, 11) is -1.83. The van der Waals surface area contributed by atoms with Crippen LogP contribution in [0.5, 0.6) is 0 Å². The van der Waals surface area contributed by atoms with Crippen molar-refractivity contribution in [2.45, 2.75) is 25.1 Å². The van der Waals surface area contributed by atoms with Crippen molar-refractivity contribution in [1.29, 1.82) is 0 Å². The number of rotatable bonds is 6. The summed E-state index contributed by atoms with van der Waals surface area (Å²) in [5.74, 6) is -0.574. The average molecular weight is 455 g/mol. The Labute approximate surface area is 182 Å². The number of amides is 1. The zero-order chi connectivity index (χ0) is 21.0. The first kappa shape index (κ1) is 22.1. The predicted molar refractivity (Wildman–Crippen MR) is 116 cm³/mol. The minimum Gasteiger partial charge on any atom is -0.341 e. The number of halogens is 2. The molecule has 2 aromatic rings. The van der Waals surface area contributed by atoms with Crippen molar-refractivity contribution in [3.63, 3.8) is 0 Å². The number of benzene rings is 2. The minimum absolute atomic E-state index is 0.0294. The molecule has 0 aromatic heterocycles. The zero-order valence-corrected chi connectivity index (χ0v) is 18.6. The Kier molecular flexibility index (Phi) is 7.22. The van der Waals surface area contributed by atoms with Crippen molar-refractivity contribution in [2.75, 3.05) is 20.1 Å². The topological polar surface area (TPSA) is 57.7 Å². The molecule has 1 heterocycles. The van der Waals surface area contributed by atoms with Gasteiger partial charge in [0.25, 0.3) is 0 Å². The molecule has 8 heteroatoms. The average Bonchev–Trinajstić information content (AvgIpc) is 2.70. The Balaban J connectivity index is 1.66. The Morgan fingerprint density at radius 2 is 1.90 bits per heavy atom. The molecule has 1 aliphatic rings. The van der Waals surface area contributed by atoms with Gasteiger partial charge >= 0.3 is 0 Å². The van der Waals surface area contributed by atoms with E-state index < -0.39 is 10.0 Å². The van der Waals surface area contributed by atoms with Gasteiger partial charge < -0.3 is 4.90 Å². The first-order valence-electron chi connectivity index (χ1n) is 9.47. The molecule has 3 rings (SSSR count). The third kappa shape index (κ3) is 5.72. The minimum atomic E-state index is -3.59. The van der Waals surface area contributed by atoms with Crippen LogP contribution in [0.25, 0.3) is 0 Å². The number of sulfonamides is 1. The van der Waals surface area contributed by atoms with Crippen molar-refractivity contribution in [2.24, 2.45) is 5.92 Å². The zero-order valence-electron chi connectivity index (χ0n) is 16.2. The highest BCUT2D eigenvalue weighted by molar-refractivity contribution is 7.88. The van der Waals surface area contributed by atoms with E-state index in [0.29, 0.717) is 41.5 Å². The number of carbonyl (C=O) groups is 1. The number of carbonyl (C=O) groups excluding carboxylic acids is 1. The summed E-state index contributed by atoms with van der Waals surface area (Å²) < 4.78 is 27.3. The molecule has 0 unspecified atom stereocenters. The molecular formula is C21H24Cl2N2O3S. The molecule has 0 N–H and O–H groups in total. The second-order valence-electron chi connectivity index (χ2n) is 7.37. The van der Waals surface area contributed by atoms with Gasteiger partial charge in [-0.25, -0.2) is 12.7 Å². The number of hydrogen-bond donors (Lipinski definition) is 0. The van der Waals surface area contributed by atoms with Gasteiger partial charge in [0, 0.05) is 36.7 Å². The lowest BCUT2D eigenvalue weighted by molar-refractivity contribution is -0.135. The summed E-state index contributed by atoms with van der Waals surface area (Å²) in [6.07, 6.45) is 1.34. The summed E-state index contributed by atoms with van der Waals surface area (Å²) >= 11 is 12.0. The molecule has 1 amide bonds. The van der Waals surface area contributed by atoms with Gasteiger partial charge in [0.2, 0.25) is 15.9 Å². The normalized spacial score (nSPS) is 17.8. The molecule has 0 aliphatic carbocycles. The molecule has 0 saturated carbocycles. The number of nitrogens with zero attached hydrogens (tertiary/aromatic N) is 2. The second-order valence-corrected chi connectivity index (χ2v) is 10.2. The maximum atomic E-state index is 12.9. The van der Waals surface area contributed by atoms with Gasteiger partial charge in [0.05, 0.1) is 11.7 Å². The molecule has 2 aromatic carbocycles.